The zero-order valence-electron chi connectivity index (χ0n) is 11.6. The summed E-state index contributed by atoms with van der Waals surface area (Å²) in [6.45, 7) is 8.19. The smallest absolute Gasteiger partial charge is 0.317 e. The van der Waals surface area contributed by atoms with E-state index >= 15 is 0 Å². The van der Waals surface area contributed by atoms with Gasteiger partial charge < -0.3 is 10.0 Å². The first kappa shape index (κ1) is 13.8. The number of carboxylic acids is 1. The van der Waals surface area contributed by atoms with E-state index in [2.05, 4.69) is 23.6 Å². The molecule has 0 bridgehead atoms. The van der Waals surface area contributed by atoms with Gasteiger partial charge in [0.15, 0.2) is 0 Å². The molecule has 4 heteroatoms. The van der Waals surface area contributed by atoms with Crippen LogP contribution in [0.3, 0.4) is 0 Å². The summed E-state index contributed by atoms with van der Waals surface area (Å²) in [7, 11) is 0. The quantitative estimate of drug-likeness (QED) is 0.783. The van der Waals surface area contributed by atoms with Crippen molar-refractivity contribution < 1.29 is 9.90 Å². The molecule has 0 aromatic carbocycles. The fourth-order valence-corrected chi connectivity index (χ4v) is 3.07. The van der Waals surface area contributed by atoms with E-state index < -0.39 is 5.97 Å². The molecule has 0 atom stereocenters. The second-order valence-corrected chi connectivity index (χ2v) is 6.22. The van der Waals surface area contributed by atoms with Gasteiger partial charge in [-0.25, -0.2) is 0 Å². The highest BCUT2D eigenvalue weighted by atomic mass is 16.4. The van der Waals surface area contributed by atoms with Crippen LogP contribution in [0.1, 0.15) is 39.5 Å². The summed E-state index contributed by atoms with van der Waals surface area (Å²) in [5, 5.41) is 9.01. The van der Waals surface area contributed by atoms with E-state index in [1.54, 1.807) is 0 Å². The van der Waals surface area contributed by atoms with Crippen molar-refractivity contribution in [3.63, 3.8) is 0 Å². The van der Waals surface area contributed by atoms with Gasteiger partial charge in [-0.3, -0.25) is 9.69 Å². The molecule has 0 aromatic heterocycles. The summed E-state index contributed by atoms with van der Waals surface area (Å²) < 4.78 is 0. The summed E-state index contributed by atoms with van der Waals surface area (Å²) in [6, 6.07) is 1.06. The molecule has 4 nitrogen and oxygen atoms in total. The molecule has 1 heterocycles. The van der Waals surface area contributed by atoms with Crippen LogP contribution in [0.25, 0.3) is 0 Å². The van der Waals surface area contributed by atoms with Crippen molar-refractivity contribution in [2.24, 2.45) is 5.92 Å². The zero-order chi connectivity index (χ0) is 13.1. The van der Waals surface area contributed by atoms with Crippen molar-refractivity contribution >= 4 is 5.97 Å². The van der Waals surface area contributed by atoms with Crippen molar-refractivity contribution in [3.8, 4) is 0 Å². The molecule has 1 saturated carbocycles. The number of carbonyl (C=O) groups is 1. The number of likely N-dealkylation sites (tertiary alicyclic amines) is 1. The van der Waals surface area contributed by atoms with Crippen LogP contribution < -0.4 is 0 Å². The van der Waals surface area contributed by atoms with Gasteiger partial charge in [-0.1, -0.05) is 13.8 Å². The minimum atomic E-state index is -0.675. The van der Waals surface area contributed by atoms with Gasteiger partial charge in [0.2, 0.25) is 0 Å². The number of nitrogens with zero attached hydrogens (tertiary/aromatic N) is 2. The van der Waals surface area contributed by atoms with Gasteiger partial charge in [-0.2, -0.15) is 0 Å². The maximum Gasteiger partial charge on any atom is 0.317 e. The van der Waals surface area contributed by atoms with E-state index in [0.717, 1.165) is 31.8 Å². The van der Waals surface area contributed by atoms with Gasteiger partial charge in [-0.15, -0.1) is 0 Å². The number of hydrogen-bond donors (Lipinski definition) is 1. The van der Waals surface area contributed by atoms with E-state index in [1.807, 2.05) is 0 Å². The number of carboxylic acid groups (broad SMARTS) is 1. The van der Waals surface area contributed by atoms with Crippen molar-refractivity contribution in [1.82, 2.24) is 9.80 Å². The van der Waals surface area contributed by atoms with Crippen molar-refractivity contribution in [1.29, 1.82) is 0 Å². The van der Waals surface area contributed by atoms with Crippen LogP contribution in [0.4, 0.5) is 0 Å². The third-order valence-electron chi connectivity index (χ3n) is 3.98. The Bertz CT molecular complexity index is 282. The predicted octanol–water partition coefficient (Wildman–Crippen LogP) is 1.66. The summed E-state index contributed by atoms with van der Waals surface area (Å²) in [5.74, 6) is 0.0478. The van der Waals surface area contributed by atoms with Crippen LogP contribution in [0, 0.1) is 5.92 Å². The van der Waals surface area contributed by atoms with E-state index in [9.17, 15) is 4.79 Å². The summed E-state index contributed by atoms with van der Waals surface area (Å²) in [6.07, 6.45) is 4.66. The summed E-state index contributed by atoms with van der Waals surface area (Å²) in [5.41, 5.74) is 0. The molecule has 1 aliphatic heterocycles. The first-order valence-corrected chi connectivity index (χ1v) is 7.26. The number of piperidine rings is 1. The standard InChI is InChI=1S/C14H26N2O2/c1-11(2)9-15-7-5-13(6-8-15)16(10-14(17)18)12-3-4-12/h11-13H,3-10H2,1-2H3,(H,17,18). The Labute approximate surface area is 110 Å². The van der Waals surface area contributed by atoms with E-state index in [-0.39, 0.29) is 6.54 Å². The average molecular weight is 254 g/mol. The van der Waals surface area contributed by atoms with Gasteiger partial charge in [0.1, 0.15) is 0 Å². The molecule has 0 radical (unpaired) electrons. The molecule has 2 aliphatic rings. The Morgan fingerprint density at radius 2 is 1.78 bits per heavy atom. The van der Waals surface area contributed by atoms with Crippen LogP contribution in [-0.4, -0.2) is 59.1 Å². The van der Waals surface area contributed by atoms with Crippen molar-refractivity contribution in [3.05, 3.63) is 0 Å². The van der Waals surface area contributed by atoms with Gasteiger partial charge in [0.05, 0.1) is 6.54 Å². The first-order chi connectivity index (χ1) is 8.56. The van der Waals surface area contributed by atoms with Gasteiger partial charge in [0.25, 0.3) is 0 Å². The highest BCUT2D eigenvalue weighted by Gasteiger charge is 2.36. The second-order valence-electron chi connectivity index (χ2n) is 6.22. The lowest BCUT2D eigenvalue weighted by Crippen LogP contribution is -2.48. The predicted molar refractivity (Wildman–Crippen MR) is 71.7 cm³/mol. The third-order valence-corrected chi connectivity index (χ3v) is 3.98. The van der Waals surface area contributed by atoms with E-state index in [1.165, 1.54) is 19.4 Å². The molecule has 2 rings (SSSR count). The van der Waals surface area contributed by atoms with Crippen LogP contribution >= 0.6 is 0 Å². The lowest BCUT2D eigenvalue weighted by atomic mass is 10.0. The fourth-order valence-electron chi connectivity index (χ4n) is 3.07. The first-order valence-electron chi connectivity index (χ1n) is 7.26. The normalized spacial score (nSPS) is 22.9. The highest BCUT2D eigenvalue weighted by molar-refractivity contribution is 5.69. The second kappa shape index (κ2) is 6.02. The molecule has 1 aliphatic carbocycles. The topological polar surface area (TPSA) is 43.8 Å². The molecule has 1 N–H and O–H groups in total. The lowest BCUT2D eigenvalue weighted by molar-refractivity contribution is -0.139. The fraction of sp³-hybridized carbons (Fsp3) is 0.929. The minimum absolute atomic E-state index is 0.236. The molecule has 0 amide bonds. The Balaban J connectivity index is 1.81. The Morgan fingerprint density at radius 3 is 2.22 bits per heavy atom. The molecule has 104 valence electrons. The van der Waals surface area contributed by atoms with Crippen molar-refractivity contribution in [2.45, 2.75) is 51.6 Å². The monoisotopic (exact) mass is 254 g/mol. The maximum absolute atomic E-state index is 10.9. The summed E-state index contributed by atoms with van der Waals surface area (Å²) >= 11 is 0. The van der Waals surface area contributed by atoms with Gasteiger partial charge in [-0.05, 0) is 44.7 Å². The molecule has 18 heavy (non-hydrogen) atoms. The van der Waals surface area contributed by atoms with Crippen LogP contribution in [-0.2, 0) is 4.79 Å². The Morgan fingerprint density at radius 1 is 1.22 bits per heavy atom. The SMILES string of the molecule is CC(C)CN1CCC(N(CC(=O)O)C2CC2)CC1. The number of hydrogen-bond acceptors (Lipinski definition) is 3. The minimum Gasteiger partial charge on any atom is -0.480 e. The van der Waals surface area contributed by atoms with Gasteiger partial charge >= 0.3 is 5.97 Å². The number of rotatable bonds is 6. The average Bonchev–Trinajstić information content (AvgIpc) is 3.10. The third kappa shape index (κ3) is 3.95. The largest absolute Gasteiger partial charge is 0.480 e. The zero-order valence-corrected chi connectivity index (χ0v) is 11.6. The summed E-state index contributed by atoms with van der Waals surface area (Å²) in [4.78, 5) is 15.7. The molecular weight excluding hydrogens is 228 g/mol. The molecular formula is C14H26N2O2. The van der Waals surface area contributed by atoms with Crippen LogP contribution in [0.2, 0.25) is 0 Å². The van der Waals surface area contributed by atoms with E-state index in [0.29, 0.717) is 12.1 Å². The number of aliphatic carboxylic acids is 1. The van der Waals surface area contributed by atoms with Gasteiger partial charge in [0, 0.05) is 18.6 Å². The van der Waals surface area contributed by atoms with E-state index in [4.69, 9.17) is 5.11 Å². The maximum atomic E-state index is 10.9. The Kier molecular flexibility index (Phi) is 4.62. The van der Waals surface area contributed by atoms with Crippen LogP contribution in [0.15, 0.2) is 0 Å². The van der Waals surface area contributed by atoms with Crippen molar-refractivity contribution in [2.75, 3.05) is 26.2 Å². The molecule has 2 fully saturated rings. The highest BCUT2D eigenvalue weighted by Crippen LogP contribution is 2.31. The molecule has 0 spiro atoms. The molecule has 1 saturated heterocycles. The molecule has 0 unspecified atom stereocenters. The Hall–Kier alpha value is -0.610. The molecule has 0 aromatic rings. The lowest BCUT2D eigenvalue weighted by Gasteiger charge is -2.38. The van der Waals surface area contributed by atoms with Crippen LogP contribution in [0.5, 0.6) is 0 Å².